The molecule has 0 saturated heterocycles. The Morgan fingerprint density at radius 3 is 2.75 bits per heavy atom. The minimum absolute atomic E-state index is 0.315. The standard InChI is InChI=1S/C12H12ClFN2/c1-3-8-6(2)16-10-5-7(14)4-9(13)11(10)12(8)15/h4-5H,3H2,1-2H3,(H2,15,16). The van der Waals surface area contributed by atoms with Gasteiger partial charge >= 0.3 is 0 Å². The van der Waals surface area contributed by atoms with E-state index in [0.717, 1.165) is 17.7 Å². The van der Waals surface area contributed by atoms with E-state index < -0.39 is 5.82 Å². The van der Waals surface area contributed by atoms with Crippen LogP contribution in [-0.2, 0) is 6.42 Å². The summed E-state index contributed by atoms with van der Waals surface area (Å²) in [4.78, 5) is 4.32. The second-order valence-electron chi connectivity index (χ2n) is 3.72. The molecule has 2 nitrogen and oxygen atoms in total. The zero-order valence-electron chi connectivity index (χ0n) is 9.14. The highest BCUT2D eigenvalue weighted by Crippen LogP contribution is 2.32. The number of nitrogen functional groups attached to an aromatic ring is 1. The Hall–Kier alpha value is -1.35. The number of pyridine rings is 1. The summed E-state index contributed by atoms with van der Waals surface area (Å²) in [6.07, 6.45) is 0.786. The van der Waals surface area contributed by atoms with Crippen LogP contribution in [0.4, 0.5) is 10.1 Å². The lowest BCUT2D eigenvalue weighted by molar-refractivity contribution is 0.629. The zero-order chi connectivity index (χ0) is 11.9. The largest absolute Gasteiger partial charge is 0.398 e. The third kappa shape index (κ3) is 1.61. The average molecular weight is 239 g/mol. The molecule has 2 N–H and O–H groups in total. The minimum atomic E-state index is -0.395. The molecule has 0 spiro atoms. The van der Waals surface area contributed by atoms with Crippen LogP contribution in [0.25, 0.3) is 10.9 Å². The molecule has 2 aromatic rings. The summed E-state index contributed by atoms with van der Waals surface area (Å²) >= 11 is 5.99. The van der Waals surface area contributed by atoms with E-state index in [2.05, 4.69) is 4.98 Å². The molecule has 0 aliphatic rings. The summed E-state index contributed by atoms with van der Waals surface area (Å²) in [5.74, 6) is -0.395. The van der Waals surface area contributed by atoms with Crippen LogP contribution in [0, 0.1) is 12.7 Å². The normalized spacial score (nSPS) is 11.0. The van der Waals surface area contributed by atoms with Gasteiger partial charge in [-0.1, -0.05) is 18.5 Å². The Morgan fingerprint density at radius 2 is 2.12 bits per heavy atom. The predicted octanol–water partition coefficient (Wildman–Crippen LogP) is 3.48. The van der Waals surface area contributed by atoms with Gasteiger partial charge in [-0.05, 0) is 25.0 Å². The molecule has 0 fully saturated rings. The molecule has 4 heteroatoms. The molecule has 1 aromatic carbocycles. The van der Waals surface area contributed by atoms with Crippen LogP contribution in [0.5, 0.6) is 0 Å². The summed E-state index contributed by atoms with van der Waals surface area (Å²) in [7, 11) is 0. The smallest absolute Gasteiger partial charge is 0.126 e. The van der Waals surface area contributed by atoms with Gasteiger partial charge in [-0.2, -0.15) is 0 Å². The summed E-state index contributed by atoms with van der Waals surface area (Å²) in [5.41, 5.74) is 8.95. The van der Waals surface area contributed by atoms with Crippen molar-refractivity contribution in [3.8, 4) is 0 Å². The van der Waals surface area contributed by atoms with Crippen molar-refractivity contribution in [3.05, 3.63) is 34.2 Å². The maximum atomic E-state index is 13.2. The van der Waals surface area contributed by atoms with Crippen LogP contribution < -0.4 is 5.73 Å². The molecular weight excluding hydrogens is 227 g/mol. The fourth-order valence-electron chi connectivity index (χ4n) is 1.96. The van der Waals surface area contributed by atoms with Crippen molar-refractivity contribution in [3.63, 3.8) is 0 Å². The number of nitrogens with zero attached hydrogens (tertiary/aromatic N) is 1. The van der Waals surface area contributed by atoms with Crippen molar-refractivity contribution in [2.45, 2.75) is 20.3 Å². The first-order chi connectivity index (χ1) is 7.54. The molecule has 84 valence electrons. The highest BCUT2D eigenvalue weighted by atomic mass is 35.5. The number of halogens is 2. The lowest BCUT2D eigenvalue weighted by Gasteiger charge is -2.11. The molecule has 16 heavy (non-hydrogen) atoms. The lowest BCUT2D eigenvalue weighted by atomic mass is 10.0. The van der Waals surface area contributed by atoms with Crippen molar-refractivity contribution in [2.75, 3.05) is 5.73 Å². The Morgan fingerprint density at radius 1 is 1.44 bits per heavy atom. The third-order valence-electron chi connectivity index (χ3n) is 2.71. The molecular formula is C12H12ClFN2. The first kappa shape index (κ1) is 11.1. The van der Waals surface area contributed by atoms with Gasteiger partial charge in [0.05, 0.1) is 10.5 Å². The van der Waals surface area contributed by atoms with Gasteiger partial charge in [0, 0.05) is 22.8 Å². The quantitative estimate of drug-likeness (QED) is 0.826. The number of hydrogen-bond donors (Lipinski definition) is 1. The molecule has 0 unspecified atom stereocenters. The number of fused-ring (bicyclic) bond motifs is 1. The maximum Gasteiger partial charge on any atom is 0.126 e. The Bertz CT molecular complexity index is 567. The fourth-order valence-corrected chi connectivity index (χ4v) is 2.26. The van der Waals surface area contributed by atoms with Crippen LogP contribution in [-0.4, -0.2) is 4.98 Å². The van der Waals surface area contributed by atoms with Gasteiger partial charge in [0.2, 0.25) is 0 Å². The number of rotatable bonds is 1. The van der Waals surface area contributed by atoms with Gasteiger partial charge in [-0.15, -0.1) is 0 Å². The van der Waals surface area contributed by atoms with Crippen LogP contribution >= 0.6 is 11.6 Å². The van der Waals surface area contributed by atoms with Crippen molar-refractivity contribution in [1.29, 1.82) is 0 Å². The summed E-state index contributed by atoms with van der Waals surface area (Å²) in [6.45, 7) is 3.87. The molecule has 1 aromatic heterocycles. The van der Waals surface area contributed by atoms with Crippen molar-refractivity contribution < 1.29 is 4.39 Å². The Kier molecular flexibility index (Phi) is 2.72. The molecule has 0 aliphatic carbocycles. The number of anilines is 1. The SMILES string of the molecule is CCc1c(C)nc2cc(F)cc(Cl)c2c1N. The van der Waals surface area contributed by atoms with Crippen LogP contribution in [0.2, 0.25) is 5.02 Å². The molecule has 0 amide bonds. The number of aryl methyl sites for hydroxylation is 1. The van der Waals surface area contributed by atoms with E-state index >= 15 is 0 Å². The first-order valence-electron chi connectivity index (χ1n) is 5.08. The highest BCUT2D eigenvalue weighted by Gasteiger charge is 2.12. The monoisotopic (exact) mass is 238 g/mol. The number of aromatic nitrogens is 1. The molecule has 0 aliphatic heterocycles. The van der Waals surface area contributed by atoms with Crippen LogP contribution in [0.1, 0.15) is 18.2 Å². The van der Waals surface area contributed by atoms with Gasteiger partial charge in [-0.25, -0.2) is 4.39 Å². The zero-order valence-corrected chi connectivity index (χ0v) is 9.90. The fraction of sp³-hybridized carbons (Fsp3) is 0.250. The van der Waals surface area contributed by atoms with E-state index in [9.17, 15) is 4.39 Å². The van der Waals surface area contributed by atoms with Crippen LogP contribution in [0.15, 0.2) is 12.1 Å². The van der Waals surface area contributed by atoms with E-state index in [1.165, 1.54) is 12.1 Å². The topological polar surface area (TPSA) is 38.9 Å². The molecule has 0 bridgehead atoms. The summed E-state index contributed by atoms with van der Waals surface area (Å²) < 4.78 is 13.2. The second-order valence-corrected chi connectivity index (χ2v) is 4.13. The van der Waals surface area contributed by atoms with Gasteiger partial charge in [-0.3, -0.25) is 4.98 Å². The van der Waals surface area contributed by atoms with Crippen molar-refractivity contribution in [1.82, 2.24) is 4.98 Å². The highest BCUT2D eigenvalue weighted by molar-refractivity contribution is 6.36. The average Bonchev–Trinajstić information content (AvgIpc) is 2.15. The molecule has 0 atom stereocenters. The molecule has 0 radical (unpaired) electrons. The van der Waals surface area contributed by atoms with Gasteiger partial charge in [0.15, 0.2) is 0 Å². The lowest BCUT2D eigenvalue weighted by Crippen LogP contribution is -2.01. The van der Waals surface area contributed by atoms with E-state index in [1.807, 2.05) is 13.8 Å². The second kappa shape index (κ2) is 3.91. The number of nitrogens with two attached hydrogens (primary N) is 1. The maximum absolute atomic E-state index is 13.2. The number of benzene rings is 1. The van der Waals surface area contributed by atoms with E-state index in [0.29, 0.717) is 21.6 Å². The van der Waals surface area contributed by atoms with Gasteiger partial charge in [0.1, 0.15) is 5.82 Å². The summed E-state index contributed by atoms with van der Waals surface area (Å²) in [6, 6.07) is 2.61. The van der Waals surface area contributed by atoms with Crippen molar-refractivity contribution >= 4 is 28.2 Å². The third-order valence-corrected chi connectivity index (χ3v) is 3.01. The Balaban J connectivity index is 2.93. The van der Waals surface area contributed by atoms with Crippen LogP contribution in [0.3, 0.4) is 0 Å². The summed E-state index contributed by atoms with van der Waals surface area (Å²) in [5, 5.41) is 0.959. The van der Waals surface area contributed by atoms with Gasteiger partial charge < -0.3 is 5.73 Å². The predicted molar refractivity (Wildman–Crippen MR) is 65.2 cm³/mol. The number of hydrogen-bond acceptors (Lipinski definition) is 2. The van der Waals surface area contributed by atoms with Gasteiger partial charge in [0.25, 0.3) is 0 Å². The van der Waals surface area contributed by atoms with Crippen molar-refractivity contribution in [2.24, 2.45) is 0 Å². The van der Waals surface area contributed by atoms with E-state index in [4.69, 9.17) is 17.3 Å². The Labute approximate surface area is 98.2 Å². The first-order valence-corrected chi connectivity index (χ1v) is 5.46. The molecule has 2 rings (SSSR count). The minimum Gasteiger partial charge on any atom is -0.398 e. The van der Waals surface area contributed by atoms with E-state index in [-0.39, 0.29) is 0 Å². The van der Waals surface area contributed by atoms with E-state index in [1.54, 1.807) is 0 Å². The molecule has 1 heterocycles. The molecule has 0 saturated carbocycles.